The maximum atomic E-state index is 11.5. The number of hydrogen-bond donors (Lipinski definition) is 1. The molecule has 0 radical (unpaired) electrons. The molecular formula is C12H15BrN2O. The minimum Gasteiger partial charge on any atom is -0.334 e. The van der Waals surface area contributed by atoms with E-state index in [1.54, 1.807) is 11.0 Å². The third kappa shape index (κ3) is 3.79. The molecule has 86 valence electrons. The van der Waals surface area contributed by atoms with E-state index in [0.717, 1.165) is 10.0 Å². The second-order valence-electron chi connectivity index (χ2n) is 3.39. The first kappa shape index (κ1) is 12.9. The average Bonchev–Trinajstić information content (AvgIpc) is 2.30. The number of hydrogen-bond acceptors (Lipinski definition) is 2. The van der Waals surface area contributed by atoms with Crippen molar-refractivity contribution in [2.24, 2.45) is 5.73 Å². The van der Waals surface area contributed by atoms with Crippen molar-refractivity contribution in [1.82, 2.24) is 4.90 Å². The fourth-order valence-electron chi connectivity index (χ4n) is 1.35. The number of carbonyl (C=O) groups is 1. The summed E-state index contributed by atoms with van der Waals surface area (Å²) in [6.07, 6.45) is 1.70. The van der Waals surface area contributed by atoms with Gasteiger partial charge in [0.15, 0.2) is 0 Å². The van der Waals surface area contributed by atoms with Gasteiger partial charge in [-0.3, -0.25) is 4.79 Å². The van der Waals surface area contributed by atoms with Crippen molar-refractivity contribution >= 4 is 21.8 Å². The highest BCUT2D eigenvalue weighted by molar-refractivity contribution is 9.10. The first-order valence-corrected chi connectivity index (χ1v) is 5.80. The summed E-state index contributed by atoms with van der Waals surface area (Å²) in [7, 11) is 0. The van der Waals surface area contributed by atoms with Crippen molar-refractivity contribution in [1.29, 1.82) is 0 Å². The number of nitrogens with two attached hydrogens (primary N) is 1. The lowest BCUT2D eigenvalue weighted by molar-refractivity contribution is -0.129. The Morgan fingerprint density at radius 3 is 2.56 bits per heavy atom. The van der Waals surface area contributed by atoms with Crippen LogP contribution < -0.4 is 5.73 Å². The topological polar surface area (TPSA) is 46.3 Å². The fraction of sp³-hybridized carbons (Fsp3) is 0.250. The van der Waals surface area contributed by atoms with Gasteiger partial charge in [0.25, 0.3) is 0 Å². The number of halogens is 1. The first-order valence-electron chi connectivity index (χ1n) is 5.00. The zero-order valence-electron chi connectivity index (χ0n) is 9.03. The van der Waals surface area contributed by atoms with Gasteiger partial charge in [-0.2, -0.15) is 0 Å². The van der Waals surface area contributed by atoms with Crippen LogP contribution in [0.2, 0.25) is 0 Å². The lowest BCUT2D eigenvalue weighted by Crippen LogP contribution is -2.35. The van der Waals surface area contributed by atoms with Crippen LogP contribution in [0.1, 0.15) is 5.56 Å². The largest absolute Gasteiger partial charge is 0.334 e. The molecule has 0 aliphatic heterocycles. The van der Waals surface area contributed by atoms with Gasteiger partial charge in [0.2, 0.25) is 5.91 Å². The van der Waals surface area contributed by atoms with E-state index in [2.05, 4.69) is 22.5 Å². The zero-order chi connectivity index (χ0) is 12.0. The van der Waals surface area contributed by atoms with Crippen LogP contribution in [0.25, 0.3) is 0 Å². The molecule has 2 N–H and O–H groups in total. The van der Waals surface area contributed by atoms with Crippen LogP contribution >= 0.6 is 15.9 Å². The molecule has 0 aliphatic carbocycles. The van der Waals surface area contributed by atoms with E-state index in [1.807, 2.05) is 24.3 Å². The first-order chi connectivity index (χ1) is 7.67. The molecule has 3 nitrogen and oxygen atoms in total. The Morgan fingerprint density at radius 1 is 1.44 bits per heavy atom. The van der Waals surface area contributed by atoms with Gasteiger partial charge >= 0.3 is 0 Å². The van der Waals surface area contributed by atoms with Gasteiger partial charge in [0.1, 0.15) is 0 Å². The summed E-state index contributed by atoms with van der Waals surface area (Å²) >= 11 is 3.37. The van der Waals surface area contributed by atoms with Crippen LogP contribution in [0.5, 0.6) is 0 Å². The van der Waals surface area contributed by atoms with Gasteiger partial charge in [-0.05, 0) is 17.7 Å². The number of benzene rings is 1. The summed E-state index contributed by atoms with van der Waals surface area (Å²) in [5, 5.41) is 0. The molecule has 0 saturated heterocycles. The van der Waals surface area contributed by atoms with E-state index in [9.17, 15) is 4.79 Å². The molecule has 0 aliphatic rings. The van der Waals surface area contributed by atoms with Gasteiger partial charge in [0, 0.05) is 17.6 Å². The van der Waals surface area contributed by atoms with E-state index in [4.69, 9.17) is 5.73 Å². The molecular weight excluding hydrogens is 268 g/mol. The Morgan fingerprint density at radius 2 is 2.06 bits per heavy atom. The summed E-state index contributed by atoms with van der Waals surface area (Å²) in [4.78, 5) is 13.2. The molecule has 16 heavy (non-hydrogen) atoms. The predicted octanol–water partition coefficient (Wildman–Crippen LogP) is 1.92. The normalized spacial score (nSPS) is 9.88. The Kier molecular flexibility index (Phi) is 5.22. The molecule has 0 atom stereocenters. The lowest BCUT2D eigenvalue weighted by Gasteiger charge is -2.20. The molecule has 1 rings (SSSR count). The number of nitrogens with zero attached hydrogens (tertiary/aromatic N) is 1. The third-order valence-corrected chi connectivity index (χ3v) is 2.69. The SMILES string of the molecule is C=CCN(Cc1ccc(Br)cc1)C(=O)CN. The summed E-state index contributed by atoms with van der Waals surface area (Å²) in [5.74, 6) is -0.0668. The summed E-state index contributed by atoms with van der Waals surface area (Å²) < 4.78 is 1.02. The minimum atomic E-state index is -0.0668. The standard InChI is InChI=1S/C12H15BrN2O/c1-2-7-15(12(16)8-14)9-10-3-5-11(13)6-4-10/h2-6H,1,7-9,14H2. The smallest absolute Gasteiger partial charge is 0.236 e. The van der Waals surface area contributed by atoms with Crippen LogP contribution in [0.3, 0.4) is 0 Å². The van der Waals surface area contributed by atoms with Crippen molar-refractivity contribution in [3.63, 3.8) is 0 Å². The molecule has 1 aromatic rings. The highest BCUT2D eigenvalue weighted by Gasteiger charge is 2.10. The average molecular weight is 283 g/mol. The summed E-state index contributed by atoms with van der Waals surface area (Å²) in [5.41, 5.74) is 6.42. The van der Waals surface area contributed by atoms with Gasteiger partial charge in [0.05, 0.1) is 6.54 Å². The molecule has 4 heteroatoms. The maximum Gasteiger partial charge on any atom is 0.236 e. The van der Waals surface area contributed by atoms with Crippen molar-refractivity contribution in [3.8, 4) is 0 Å². The molecule has 0 bridgehead atoms. The fourth-order valence-corrected chi connectivity index (χ4v) is 1.61. The predicted molar refractivity (Wildman–Crippen MR) is 68.8 cm³/mol. The minimum absolute atomic E-state index is 0.0321. The zero-order valence-corrected chi connectivity index (χ0v) is 10.6. The number of rotatable bonds is 5. The second-order valence-corrected chi connectivity index (χ2v) is 4.31. The molecule has 0 unspecified atom stereocenters. The van der Waals surface area contributed by atoms with E-state index >= 15 is 0 Å². The third-order valence-electron chi connectivity index (χ3n) is 2.16. The maximum absolute atomic E-state index is 11.5. The van der Waals surface area contributed by atoms with Crippen LogP contribution in [-0.4, -0.2) is 23.9 Å². The Bertz CT molecular complexity index is 362. The molecule has 0 spiro atoms. The van der Waals surface area contributed by atoms with Gasteiger partial charge in [-0.25, -0.2) is 0 Å². The van der Waals surface area contributed by atoms with Crippen LogP contribution in [0.15, 0.2) is 41.4 Å². The van der Waals surface area contributed by atoms with Crippen molar-refractivity contribution in [2.45, 2.75) is 6.54 Å². The van der Waals surface area contributed by atoms with Gasteiger partial charge in [-0.15, -0.1) is 6.58 Å². The molecule has 1 amide bonds. The highest BCUT2D eigenvalue weighted by Crippen LogP contribution is 2.12. The lowest BCUT2D eigenvalue weighted by atomic mass is 10.2. The molecule has 0 fully saturated rings. The highest BCUT2D eigenvalue weighted by atomic mass is 79.9. The quantitative estimate of drug-likeness (QED) is 0.839. The molecule has 1 aromatic carbocycles. The van der Waals surface area contributed by atoms with Crippen LogP contribution in [-0.2, 0) is 11.3 Å². The van der Waals surface area contributed by atoms with Crippen LogP contribution in [0.4, 0.5) is 0 Å². The van der Waals surface area contributed by atoms with E-state index in [-0.39, 0.29) is 12.5 Å². The van der Waals surface area contributed by atoms with Gasteiger partial charge in [-0.1, -0.05) is 34.1 Å². The Hall–Kier alpha value is -1.13. The van der Waals surface area contributed by atoms with Crippen molar-refractivity contribution in [2.75, 3.05) is 13.1 Å². The van der Waals surface area contributed by atoms with Crippen LogP contribution in [0, 0.1) is 0 Å². The van der Waals surface area contributed by atoms with E-state index in [1.165, 1.54) is 0 Å². The summed E-state index contributed by atoms with van der Waals surface area (Å²) in [6.45, 7) is 4.75. The number of amides is 1. The monoisotopic (exact) mass is 282 g/mol. The molecule has 0 aromatic heterocycles. The second kappa shape index (κ2) is 6.45. The summed E-state index contributed by atoms with van der Waals surface area (Å²) in [6, 6.07) is 7.86. The van der Waals surface area contributed by atoms with Crippen molar-refractivity contribution < 1.29 is 4.79 Å². The Labute approximate surface area is 104 Å². The Balaban J connectivity index is 2.71. The van der Waals surface area contributed by atoms with E-state index < -0.39 is 0 Å². The van der Waals surface area contributed by atoms with Crippen molar-refractivity contribution in [3.05, 3.63) is 47.0 Å². The van der Waals surface area contributed by atoms with Gasteiger partial charge < -0.3 is 10.6 Å². The molecule has 0 heterocycles. The van der Waals surface area contributed by atoms with E-state index in [0.29, 0.717) is 13.1 Å². The molecule has 0 saturated carbocycles. The number of carbonyl (C=O) groups excluding carboxylic acids is 1.